The number of aliphatic hydroxyl groups excluding tert-OH is 1. The molecule has 4 heteroatoms. The van der Waals surface area contributed by atoms with Crippen LogP contribution in [0.25, 0.3) is 0 Å². The Balaban J connectivity index is 2.18. The summed E-state index contributed by atoms with van der Waals surface area (Å²) in [5, 5.41) is 18.4. The van der Waals surface area contributed by atoms with E-state index >= 15 is 0 Å². The molecular weight excluding hydrogens is 266 g/mol. The highest BCUT2D eigenvalue weighted by atomic mass is 16.4. The van der Waals surface area contributed by atoms with E-state index in [1.807, 2.05) is 18.2 Å². The minimum Gasteiger partial charge on any atom is -0.481 e. The van der Waals surface area contributed by atoms with E-state index in [1.54, 1.807) is 0 Å². The third kappa shape index (κ3) is 4.21. The minimum absolute atomic E-state index is 0.0363. The van der Waals surface area contributed by atoms with Crippen molar-refractivity contribution < 1.29 is 15.0 Å². The number of nitrogens with zero attached hydrogens (tertiary/aromatic N) is 1. The molecule has 0 amide bonds. The molecule has 1 aliphatic rings. The molecule has 1 aromatic carbocycles. The van der Waals surface area contributed by atoms with Gasteiger partial charge in [-0.05, 0) is 36.0 Å². The number of hydrogen-bond donors (Lipinski definition) is 2. The first-order valence-corrected chi connectivity index (χ1v) is 7.59. The molecule has 1 aromatic rings. The van der Waals surface area contributed by atoms with Crippen LogP contribution < -0.4 is 4.90 Å². The number of benzene rings is 1. The van der Waals surface area contributed by atoms with E-state index in [-0.39, 0.29) is 18.9 Å². The van der Waals surface area contributed by atoms with Crippen LogP contribution in [0.5, 0.6) is 0 Å². The average Bonchev–Trinajstić information content (AvgIpc) is 2.43. The highest BCUT2D eigenvalue weighted by Gasteiger charge is 2.26. The van der Waals surface area contributed by atoms with Gasteiger partial charge in [0.1, 0.15) is 0 Å². The first-order valence-electron chi connectivity index (χ1n) is 7.59. The van der Waals surface area contributed by atoms with Gasteiger partial charge in [-0.3, -0.25) is 4.79 Å². The Labute approximate surface area is 126 Å². The van der Waals surface area contributed by atoms with Gasteiger partial charge < -0.3 is 15.1 Å². The summed E-state index contributed by atoms with van der Waals surface area (Å²) in [4.78, 5) is 13.3. The Morgan fingerprint density at radius 2 is 2.19 bits per heavy atom. The Morgan fingerprint density at radius 1 is 1.43 bits per heavy atom. The number of hydrogen-bond acceptors (Lipinski definition) is 3. The van der Waals surface area contributed by atoms with E-state index in [0.717, 1.165) is 24.3 Å². The van der Waals surface area contributed by atoms with Crippen LogP contribution in [0.4, 0.5) is 5.69 Å². The van der Waals surface area contributed by atoms with Crippen molar-refractivity contribution in [3.8, 4) is 0 Å². The standard InChI is InChI=1S/C17H25NO3/c1-17(2)7-4-8-18(12-17)15-6-3-5-13(9-15)14(11-19)10-16(20)21/h3,5-6,9,14,19H,4,7-8,10-12H2,1-2H3,(H,20,21). The summed E-state index contributed by atoms with van der Waals surface area (Å²) >= 11 is 0. The van der Waals surface area contributed by atoms with Crippen LogP contribution in [0.3, 0.4) is 0 Å². The van der Waals surface area contributed by atoms with Gasteiger partial charge in [-0.2, -0.15) is 0 Å². The summed E-state index contributed by atoms with van der Waals surface area (Å²) in [5.41, 5.74) is 2.34. The summed E-state index contributed by atoms with van der Waals surface area (Å²) in [7, 11) is 0. The van der Waals surface area contributed by atoms with Crippen LogP contribution in [-0.4, -0.2) is 35.9 Å². The molecule has 1 atom stereocenters. The highest BCUT2D eigenvalue weighted by molar-refractivity contribution is 5.68. The monoisotopic (exact) mass is 291 g/mol. The van der Waals surface area contributed by atoms with E-state index in [2.05, 4.69) is 24.8 Å². The van der Waals surface area contributed by atoms with Crippen molar-refractivity contribution in [2.45, 2.75) is 39.0 Å². The Hall–Kier alpha value is -1.55. The van der Waals surface area contributed by atoms with Crippen LogP contribution in [0.15, 0.2) is 24.3 Å². The van der Waals surface area contributed by atoms with Crippen LogP contribution in [0, 0.1) is 5.41 Å². The second-order valence-corrected chi connectivity index (χ2v) is 6.76. The van der Waals surface area contributed by atoms with Crippen molar-refractivity contribution in [3.05, 3.63) is 29.8 Å². The number of aliphatic hydroxyl groups is 1. The normalized spacial score (nSPS) is 19.3. The SMILES string of the molecule is CC1(C)CCCN(c2cccc(C(CO)CC(=O)O)c2)C1. The molecule has 2 N–H and O–H groups in total. The van der Waals surface area contributed by atoms with E-state index < -0.39 is 5.97 Å². The van der Waals surface area contributed by atoms with E-state index in [1.165, 1.54) is 12.8 Å². The molecule has 1 unspecified atom stereocenters. The van der Waals surface area contributed by atoms with Crippen molar-refractivity contribution >= 4 is 11.7 Å². The molecule has 1 fully saturated rings. The van der Waals surface area contributed by atoms with E-state index in [9.17, 15) is 9.90 Å². The number of anilines is 1. The maximum Gasteiger partial charge on any atom is 0.304 e. The molecule has 1 heterocycles. The zero-order valence-corrected chi connectivity index (χ0v) is 12.9. The maximum absolute atomic E-state index is 10.9. The third-order valence-electron chi connectivity index (χ3n) is 4.25. The summed E-state index contributed by atoms with van der Waals surface area (Å²) < 4.78 is 0. The molecule has 21 heavy (non-hydrogen) atoms. The van der Waals surface area contributed by atoms with Crippen LogP contribution in [0.2, 0.25) is 0 Å². The van der Waals surface area contributed by atoms with Crippen molar-refractivity contribution in [2.75, 3.05) is 24.6 Å². The second kappa shape index (κ2) is 6.48. The summed E-state index contributed by atoms with van der Waals surface area (Å²) in [5.74, 6) is -1.21. The van der Waals surface area contributed by atoms with E-state index in [4.69, 9.17) is 5.11 Å². The van der Waals surface area contributed by atoms with Gasteiger partial charge in [0, 0.05) is 24.7 Å². The van der Waals surface area contributed by atoms with Crippen LogP contribution in [0.1, 0.15) is 44.6 Å². The fraction of sp³-hybridized carbons (Fsp3) is 0.588. The maximum atomic E-state index is 10.9. The molecule has 0 aliphatic carbocycles. The van der Waals surface area contributed by atoms with Gasteiger partial charge in [0.05, 0.1) is 13.0 Å². The number of carboxylic acid groups (broad SMARTS) is 1. The molecule has 0 aromatic heterocycles. The fourth-order valence-corrected chi connectivity index (χ4v) is 3.12. The fourth-order valence-electron chi connectivity index (χ4n) is 3.12. The van der Waals surface area contributed by atoms with Gasteiger partial charge in [0.15, 0.2) is 0 Å². The Bertz CT molecular complexity index is 499. The number of carboxylic acids is 1. The van der Waals surface area contributed by atoms with Crippen molar-refractivity contribution in [1.82, 2.24) is 0 Å². The summed E-state index contributed by atoms with van der Waals surface area (Å²) in [6.45, 7) is 6.48. The minimum atomic E-state index is -0.876. The van der Waals surface area contributed by atoms with Gasteiger partial charge in [-0.25, -0.2) is 0 Å². The molecule has 116 valence electrons. The lowest BCUT2D eigenvalue weighted by atomic mass is 9.84. The van der Waals surface area contributed by atoms with Crippen molar-refractivity contribution in [1.29, 1.82) is 0 Å². The molecule has 4 nitrogen and oxygen atoms in total. The Kier molecular flexibility index (Phi) is 4.88. The second-order valence-electron chi connectivity index (χ2n) is 6.76. The first kappa shape index (κ1) is 15.8. The molecule has 0 radical (unpaired) electrons. The van der Waals surface area contributed by atoms with Gasteiger partial charge in [0.25, 0.3) is 0 Å². The summed E-state index contributed by atoms with van der Waals surface area (Å²) in [6, 6.07) is 7.96. The van der Waals surface area contributed by atoms with Gasteiger partial charge in [0.2, 0.25) is 0 Å². The molecular formula is C17H25NO3. The molecule has 0 spiro atoms. The first-order chi connectivity index (χ1) is 9.91. The van der Waals surface area contributed by atoms with Crippen LogP contribution >= 0.6 is 0 Å². The predicted molar refractivity (Wildman–Crippen MR) is 83.7 cm³/mol. The average molecular weight is 291 g/mol. The smallest absolute Gasteiger partial charge is 0.304 e. The lowest BCUT2D eigenvalue weighted by molar-refractivity contribution is -0.137. The summed E-state index contributed by atoms with van der Waals surface area (Å²) in [6.07, 6.45) is 2.38. The number of rotatable bonds is 5. The molecule has 1 saturated heterocycles. The molecule has 0 bridgehead atoms. The van der Waals surface area contributed by atoms with Crippen molar-refractivity contribution in [3.63, 3.8) is 0 Å². The predicted octanol–water partition coefficient (Wildman–Crippen LogP) is 2.86. The largest absolute Gasteiger partial charge is 0.481 e. The zero-order chi connectivity index (χ0) is 15.5. The lowest BCUT2D eigenvalue weighted by Gasteiger charge is -2.39. The van der Waals surface area contributed by atoms with E-state index in [0.29, 0.717) is 5.41 Å². The van der Waals surface area contributed by atoms with Gasteiger partial charge >= 0.3 is 5.97 Å². The van der Waals surface area contributed by atoms with Crippen LogP contribution in [-0.2, 0) is 4.79 Å². The van der Waals surface area contributed by atoms with Crippen molar-refractivity contribution in [2.24, 2.45) is 5.41 Å². The number of piperidine rings is 1. The van der Waals surface area contributed by atoms with Gasteiger partial charge in [-0.15, -0.1) is 0 Å². The lowest BCUT2D eigenvalue weighted by Crippen LogP contribution is -2.40. The Morgan fingerprint density at radius 3 is 2.81 bits per heavy atom. The highest BCUT2D eigenvalue weighted by Crippen LogP contribution is 2.32. The quantitative estimate of drug-likeness (QED) is 0.875. The molecule has 1 aliphatic heterocycles. The third-order valence-corrected chi connectivity index (χ3v) is 4.25. The molecule has 2 rings (SSSR count). The van der Waals surface area contributed by atoms with Gasteiger partial charge in [-0.1, -0.05) is 26.0 Å². The topological polar surface area (TPSA) is 60.8 Å². The number of aliphatic carboxylic acids is 1. The molecule has 0 saturated carbocycles. The number of carbonyl (C=O) groups is 1. The zero-order valence-electron chi connectivity index (χ0n) is 12.9.